The zero-order valence-electron chi connectivity index (χ0n) is 11.7. The summed E-state index contributed by atoms with van der Waals surface area (Å²) in [4.78, 5) is 6.95. The van der Waals surface area contributed by atoms with Crippen LogP contribution in [0.5, 0.6) is 0 Å². The van der Waals surface area contributed by atoms with E-state index >= 15 is 0 Å². The third-order valence-corrected chi connectivity index (χ3v) is 4.21. The van der Waals surface area contributed by atoms with Gasteiger partial charge in [0, 0.05) is 30.0 Å². The molecule has 1 aliphatic carbocycles. The highest BCUT2D eigenvalue weighted by Gasteiger charge is 2.31. The van der Waals surface area contributed by atoms with E-state index in [4.69, 9.17) is 0 Å². The van der Waals surface area contributed by atoms with Gasteiger partial charge < -0.3 is 4.90 Å². The normalized spacial score (nSPS) is 14.8. The molecule has 3 nitrogen and oxygen atoms in total. The van der Waals surface area contributed by atoms with Gasteiger partial charge in [-0.2, -0.15) is 4.37 Å². The van der Waals surface area contributed by atoms with E-state index < -0.39 is 0 Å². The van der Waals surface area contributed by atoms with Crippen molar-refractivity contribution < 1.29 is 4.39 Å². The second-order valence-corrected chi connectivity index (χ2v) is 6.31. The Kier molecular flexibility index (Phi) is 3.70. The van der Waals surface area contributed by atoms with Gasteiger partial charge in [-0.1, -0.05) is 26.0 Å². The van der Waals surface area contributed by atoms with Gasteiger partial charge in [-0.05, 0) is 30.5 Å². The summed E-state index contributed by atoms with van der Waals surface area (Å²) in [5.74, 6) is 1.08. The van der Waals surface area contributed by atoms with Gasteiger partial charge in [0.15, 0.2) is 0 Å². The number of benzene rings is 1. The van der Waals surface area contributed by atoms with Crippen LogP contribution < -0.4 is 4.90 Å². The van der Waals surface area contributed by atoms with Crippen LogP contribution in [0.1, 0.15) is 44.0 Å². The lowest BCUT2D eigenvalue weighted by Crippen LogP contribution is -2.24. The minimum Gasteiger partial charge on any atom is -0.340 e. The standard InChI is InChI=1S/C15H18FN3S/c1-10(2)14-17-15(20-18-14)19(13-7-8-13)9-11-3-5-12(16)6-4-11/h3-6,10,13H,7-9H2,1-2H3. The van der Waals surface area contributed by atoms with Crippen molar-refractivity contribution in [1.29, 1.82) is 0 Å². The lowest BCUT2D eigenvalue weighted by atomic mass is 10.2. The molecule has 106 valence electrons. The van der Waals surface area contributed by atoms with E-state index in [9.17, 15) is 4.39 Å². The maximum atomic E-state index is 13.0. The highest BCUT2D eigenvalue weighted by atomic mass is 32.1. The van der Waals surface area contributed by atoms with E-state index in [1.165, 1.54) is 36.5 Å². The number of nitrogens with zero attached hydrogens (tertiary/aromatic N) is 3. The van der Waals surface area contributed by atoms with Gasteiger partial charge in [0.25, 0.3) is 0 Å². The first-order valence-electron chi connectivity index (χ1n) is 6.98. The van der Waals surface area contributed by atoms with Crippen LogP contribution in [0.3, 0.4) is 0 Å². The van der Waals surface area contributed by atoms with E-state index in [0.29, 0.717) is 12.0 Å². The maximum absolute atomic E-state index is 13.0. The number of rotatable bonds is 5. The van der Waals surface area contributed by atoms with Gasteiger partial charge in [0.1, 0.15) is 11.6 Å². The molecule has 0 bridgehead atoms. The SMILES string of the molecule is CC(C)c1nsc(N(Cc2ccc(F)cc2)C2CC2)n1. The molecule has 0 spiro atoms. The fourth-order valence-electron chi connectivity index (χ4n) is 2.10. The monoisotopic (exact) mass is 291 g/mol. The Hall–Kier alpha value is -1.49. The second-order valence-electron chi connectivity index (χ2n) is 5.58. The fourth-order valence-corrected chi connectivity index (χ4v) is 2.98. The van der Waals surface area contributed by atoms with Crippen molar-refractivity contribution in [1.82, 2.24) is 9.36 Å². The summed E-state index contributed by atoms with van der Waals surface area (Å²) >= 11 is 1.47. The zero-order chi connectivity index (χ0) is 14.1. The summed E-state index contributed by atoms with van der Waals surface area (Å²) in [7, 11) is 0. The van der Waals surface area contributed by atoms with Gasteiger partial charge in [-0.25, -0.2) is 9.37 Å². The minimum atomic E-state index is -0.190. The third-order valence-electron chi connectivity index (χ3n) is 3.45. The number of anilines is 1. The van der Waals surface area contributed by atoms with E-state index in [2.05, 4.69) is 28.1 Å². The molecule has 1 aromatic heterocycles. The molecule has 1 aliphatic rings. The molecule has 5 heteroatoms. The lowest BCUT2D eigenvalue weighted by Gasteiger charge is -2.21. The van der Waals surface area contributed by atoms with Gasteiger partial charge >= 0.3 is 0 Å². The van der Waals surface area contributed by atoms with Crippen LogP contribution in [0.15, 0.2) is 24.3 Å². The summed E-state index contributed by atoms with van der Waals surface area (Å²) in [5, 5.41) is 0.987. The Labute approximate surface area is 122 Å². The van der Waals surface area contributed by atoms with Crippen molar-refractivity contribution >= 4 is 16.7 Å². The van der Waals surface area contributed by atoms with Gasteiger partial charge in [-0.15, -0.1) is 0 Å². The molecule has 1 saturated carbocycles. The smallest absolute Gasteiger partial charge is 0.205 e. The Morgan fingerprint density at radius 2 is 2.00 bits per heavy atom. The van der Waals surface area contributed by atoms with E-state index in [1.54, 1.807) is 0 Å². The molecule has 1 aromatic carbocycles. The van der Waals surface area contributed by atoms with Gasteiger partial charge in [0.05, 0.1) is 0 Å². The first-order valence-corrected chi connectivity index (χ1v) is 7.75. The predicted molar refractivity (Wildman–Crippen MR) is 79.6 cm³/mol. The fraction of sp³-hybridized carbons (Fsp3) is 0.467. The Balaban J connectivity index is 1.79. The van der Waals surface area contributed by atoms with E-state index in [0.717, 1.165) is 23.1 Å². The molecule has 0 aliphatic heterocycles. The van der Waals surface area contributed by atoms with Gasteiger partial charge in [0.2, 0.25) is 5.13 Å². The minimum absolute atomic E-state index is 0.190. The molecule has 0 radical (unpaired) electrons. The van der Waals surface area contributed by atoms with Crippen LogP contribution >= 0.6 is 11.5 Å². The summed E-state index contributed by atoms with van der Waals surface area (Å²) < 4.78 is 17.4. The molecule has 0 N–H and O–H groups in total. The van der Waals surface area contributed by atoms with Crippen LogP contribution in [-0.2, 0) is 6.54 Å². The topological polar surface area (TPSA) is 29.0 Å². The van der Waals surface area contributed by atoms with Gasteiger partial charge in [-0.3, -0.25) is 0 Å². The molecule has 20 heavy (non-hydrogen) atoms. The van der Waals surface area contributed by atoms with Crippen molar-refractivity contribution in [2.24, 2.45) is 0 Å². The van der Waals surface area contributed by atoms with E-state index in [-0.39, 0.29) is 5.82 Å². The highest BCUT2D eigenvalue weighted by molar-refractivity contribution is 7.09. The summed E-state index contributed by atoms with van der Waals surface area (Å²) in [6, 6.07) is 7.28. The number of halogens is 1. The summed E-state index contributed by atoms with van der Waals surface area (Å²) in [6.45, 7) is 4.98. The van der Waals surface area contributed by atoms with Crippen molar-refractivity contribution in [2.45, 2.75) is 45.2 Å². The Morgan fingerprint density at radius 3 is 2.55 bits per heavy atom. The summed E-state index contributed by atoms with van der Waals surface area (Å²) in [6.07, 6.45) is 2.41. The Morgan fingerprint density at radius 1 is 1.30 bits per heavy atom. The van der Waals surface area contributed by atoms with Crippen molar-refractivity contribution in [3.8, 4) is 0 Å². The third kappa shape index (κ3) is 2.98. The van der Waals surface area contributed by atoms with Crippen LogP contribution in [0.25, 0.3) is 0 Å². The zero-order valence-corrected chi connectivity index (χ0v) is 12.5. The first kappa shape index (κ1) is 13.5. The lowest BCUT2D eigenvalue weighted by molar-refractivity contribution is 0.626. The average molecular weight is 291 g/mol. The molecule has 1 heterocycles. The molecule has 0 unspecified atom stereocenters. The van der Waals surface area contributed by atoms with E-state index in [1.807, 2.05) is 12.1 Å². The molecule has 0 amide bonds. The number of hydrogen-bond acceptors (Lipinski definition) is 4. The quantitative estimate of drug-likeness (QED) is 0.834. The first-order chi connectivity index (χ1) is 9.63. The number of aromatic nitrogens is 2. The largest absolute Gasteiger partial charge is 0.340 e. The second kappa shape index (κ2) is 5.48. The molecule has 2 aromatic rings. The molecule has 3 rings (SSSR count). The van der Waals surface area contributed by atoms with Crippen LogP contribution in [0.2, 0.25) is 0 Å². The van der Waals surface area contributed by atoms with Crippen LogP contribution in [-0.4, -0.2) is 15.4 Å². The van der Waals surface area contributed by atoms with Crippen molar-refractivity contribution in [3.05, 3.63) is 41.5 Å². The highest BCUT2D eigenvalue weighted by Crippen LogP contribution is 2.34. The van der Waals surface area contributed by atoms with Crippen LogP contribution in [0, 0.1) is 5.82 Å². The molecular weight excluding hydrogens is 273 g/mol. The van der Waals surface area contributed by atoms with Crippen molar-refractivity contribution in [2.75, 3.05) is 4.90 Å². The maximum Gasteiger partial charge on any atom is 0.205 e. The predicted octanol–water partition coefficient (Wildman–Crippen LogP) is 3.97. The molecule has 0 saturated heterocycles. The Bertz CT molecular complexity index is 575. The molecule has 0 atom stereocenters. The average Bonchev–Trinajstić information content (AvgIpc) is 3.14. The molecule has 1 fully saturated rings. The summed E-state index contributed by atoms with van der Waals surface area (Å²) in [5.41, 5.74) is 1.11. The van der Waals surface area contributed by atoms with Crippen LogP contribution in [0.4, 0.5) is 9.52 Å². The van der Waals surface area contributed by atoms with Crippen molar-refractivity contribution in [3.63, 3.8) is 0 Å². The molecular formula is C15H18FN3S. The number of hydrogen-bond donors (Lipinski definition) is 0.